The number of aliphatic hydroxyl groups is 1. The molecule has 1 fully saturated rings. The number of carbonyl (C=O) groups is 3. The molecule has 56 heavy (non-hydrogen) atoms. The summed E-state index contributed by atoms with van der Waals surface area (Å²) in [4.78, 5) is 52.6. The zero-order valence-corrected chi connectivity index (χ0v) is 31.4. The van der Waals surface area contributed by atoms with Crippen LogP contribution in [0.2, 0.25) is 0 Å². The van der Waals surface area contributed by atoms with E-state index in [1.54, 1.807) is 12.1 Å². The molecular formula is C41H48F3N5O7. The Hall–Kier alpha value is -5.25. The van der Waals surface area contributed by atoms with Crippen molar-refractivity contribution in [3.8, 4) is 5.75 Å². The first-order chi connectivity index (χ1) is 26.7. The van der Waals surface area contributed by atoms with E-state index >= 15 is 0 Å². The number of halogens is 3. The molecule has 1 aromatic heterocycles. The molecule has 6 N–H and O–H groups in total. The fourth-order valence-electron chi connectivity index (χ4n) is 6.76. The molecule has 0 radical (unpaired) electrons. The van der Waals surface area contributed by atoms with Gasteiger partial charge in [-0.3, -0.25) is 14.4 Å². The third kappa shape index (κ3) is 11.9. The molecule has 0 bridgehead atoms. The Morgan fingerprint density at radius 2 is 1.61 bits per heavy atom. The van der Waals surface area contributed by atoms with Gasteiger partial charge >= 0.3 is 12.1 Å². The molecule has 2 amide bonds. The van der Waals surface area contributed by atoms with Crippen LogP contribution >= 0.6 is 0 Å². The van der Waals surface area contributed by atoms with Gasteiger partial charge in [-0.25, -0.2) is 4.79 Å². The van der Waals surface area contributed by atoms with Gasteiger partial charge in [-0.2, -0.15) is 13.2 Å². The first-order valence-corrected chi connectivity index (χ1v) is 18.6. The molecule has 1 aliphatic heterocycles. The fourth-order valence-corrected chi connectivity index (χ4v) is 6.76. The summed E-state index contributed by atoms with van der Waals surface area (Å²) in [5.41, 5.74) is 5.40. The molecule has 4 aromatic rings. The number of ether oxygens (including phenoxy) is 1. The number of pyridine rings is 1. The normalized spacial score (nSPS) is 15.0. The molecule has 2 heterocycles. The van der Waals surface area contributed by atoms with E-state index in [2.05, 4.69) is 25.7 Å². The van der Waals surface area contributed by atoms with Crippen molar-refractivity contribution in [2.45, 2.75) is 83.5 Å². The summed E-state index contributed by atoms with van der Waals surface area (Å²) in [7, 11) is 0. The van der Waals surface area contributed by atoms with Crippen molar-refractivity contribution in [3.05, 3.63) is 110 Å². The third-order valence-electron chi connectivity index (χ3n) is 10.1. The second kappa shape index (κ2) is 19.1. The standard InChI is InChI=1S/C41H48F3N5O7/c1-25(45-24-35(51)32-10-12-34(50)39-33(32)11-13-37(53)48-39)20-29-4-3-5-30(26(29)2)23-47-38(54)21-27-6-8-28(9-7-27)22-46-36(52)16-19-49-17-14-31(15-18-49)56-40(55)41(42,43)44/h3-13,25,31,35,45,50-51H,14-24H2,1-2H3,(H,46,52)(H,47,54)(H,48,53)/t25?,35-/m0/s1. The lowest BCUT2D eigenvalue weighted by Gasteiger charge is -2.31. The van der Waals surface area contributed by atoms with Gasteiger partial charge in [0.15, 0.2) is 0 Å². The molecular weight excluding hydrogens is 731 g/mol. The summed E-state index contributed by atoms with van der Waals surface area (Å²) in [5, 5.41) is 30.9. The van der Waals surface area contributed by atoms with E-state index in [-0.39, 0.29) is 66.9 Å². The maximum atomic E-state index is 12.8. The van der Waals surface area contributed by atoms with Gasteiger partial charge in [0, 0.05) is 63.2 Å². The number of benzene rings is 3. The maximum absolute atomic E-state index is 12.8. The molecule has 12 nitrogen and oxygen atoms in total. The highest BCUT2D eigenvalue weighted by Crippen LogP contribution is 2.29. The minimum atomic E-state index is -5.01. The number of nitrogens with zero attached hydrogens (tertiary/aromatic N) is 1. The number of phenolic OH excluding ortho intramolecular Hbond substituents is 1. The SMILES string of the molecule is Cc1c(CNC(=O)Cc2ccc(CNC(=O)CCN3CCC(OC(=O)C(F)(F)F)CC3)cc2)cccc1CC(C)NC[C@H](O)c1ccc(O)c2[nH]c(=O)ccc12. The summed E-state index contributed by atoms with van der Waals surface area (Å²) < 4.78 is 41.8. The molecule has 0 spiro atoms. The number of nitrogens with one attached hydrogen (secondary N) is 4. The lowest BCUT2D eigenvalue weighted by molar-refractivity contribution is -0.206. The fraction of sp³-hybridized carbons (Fsp3) is 0.415. The number of hydrogen-bond donors (Lipinski definition) is 6. The van der Waals surface area contributed by atoms with Crippen molar-refractivity contribution in [1.29, 1.82) is 0 Å². The number of phenols is 1. The predicted molar refractivity (Wildman–Crippen MR) is 204 cm³/mol. The van der Waals surface area contributed by atoms with Gasteiger partial charge in [0.25, 0.3) is 0 Å². The van der Waals surface area contributed by atoms with Crippen LogP contribution in [0.15, 0.2) is 71.5 Å². The van der Waals surface area contributed by atoms with Crippen LogP contribution in [0, 0.1) is 6.92 Å². The zero-order chi connectivity index (χ0) is 40.4. The van der Waals surface area contributed by atoms with Crippen molar-refractivity contribution >= 4 is 28.7 Å². The zero-order valence-electron chi connectivity index (χ0n) is 31.4. The molecule has 15 heteroatoms. The predicted octanol–water partition coefficient (Wildman–Crippen LogP) is 4.23. The van der Waals surface area contributed by atoms with E-state index < -0.39 is 24.4 Å². The number of fused-ring (bicyclic) bond motifs is 1. The number of likely N-dealkylation sites (tertiary alicyclic amines) is 1. The van der Waals surface area contributed by atoms with Gasteiger partial charge in [-0.05, 0) is 78.6 Å². The van der Waals surface area contributed by atoms with Gasteiger partial charge in [-0.1, -0.05) is 48.5 Å². The lowest BCUT2D eigenvalue weighted by atomic mass is 9.97. The Morgan fingerprint density at radius 3 is 2.32 bits per heavy atom. The molecule has 1 unspecified atom stereocenters. The molecule has 1 saturated heterocycles. The summed E-state index contributed by atoms with van der Waals surface area (Å²) in [6.07, 6.45) is -5.00. The van der Waals surface area contributed by atoms with Crippen LogP contribution in [0.1, 0.15) is 65.7 Å². The molecule has 300 valence electrons. The minimum absolute atomic E-state index is 0.0101. The molecule has 2 atom stereocenters. The highest BCUT2D eigenvalue weighted by molar-refractivity contribution is 5.87. The second-order valence-corrected chi connectivity index (χ2v) is 14.3. The highest BCUT2D eigenvalue weighted by atomic mass is 19.4. The Kier molecular flexibility index (Phi) is 14.3. The van der Waals surface area contributed by atoms with Crippen molar-refractivity contribution < 1.29 is 42.5 Å². The number of aromatic hydroxyl groups is 1. The monoisotopic (exact) mass is 779 g/mol. The van der Waals surface area contributed by atoms with E-state index in [9.17, 15) is 42.6 Å². The third-order valence-corrected chi connectivity index (χ3v) is 10.1. The van der Waals surface area contributed by atoms with Crippen LogP contribution in [-0.2, 0) is 45.1 Å². The second-order valence-electron chi connectivity index (χ2n) is 14.3. The number of aliphatic hydroxyl groups excluding tert-OH is 1. The summed E-state index contributed by atoms with van der Waals surface area (Å²) in [5.74, 6) is -2.53. The van der Waals surface area contributed by atoms with Crippen LogP contribution in [0.4, 0.5) is 13.2 Å². The molecule has 1 aliphatic rings. The number of aromatic nitrogens is 1. The average molecular weight is 780 g/mol. The molecule has 0 aliphatic carbocycles. The summed E-state index contributed by atoms with van der Waals surface area (Å²) in [6.45, 7) is 6.29. The Labute approximate surface area is 322 Å². The quantitative estimate of drug-likeness (QED) is 0.0911. The van der Waals surface area contributed by atoms with E-state index in [1.807, 2.05) is 61.2 Å². The molecule has 0 saturated carbocycles. The Bertz CT molecular complexity index is 2050. The van der Waals surface area contributed by atoms with Gasteiger partial charge < -0.3 is 40.8 Å². The van der Waals surface area contributed by atoms with Crippen LogP contribution in [0.25, 0.3) is 10.9 Å². The minimum Gasteiger partial charge on any atom is -0.506 e. The maximum Gasteiger partial charge on any atom is 0.490 e. The van der Waals surface area contributed by atoms with Crippen LogP contribution < -0.4 is 21.5 Å². The number of H-pyrrole nitrogens is 1. The van der Waals surface area contributed by atoms with Crippen molar-refractivity contribution in [2.75, 3.05) is 26.2 Å². The summed E-state index contributed by atoms with van der Waals surface area (Å²) in [6, 6.07) is 19.4. The van der Waals surface area contributed by atoms with Crippen LogP contribution in [0.5, 0.6) is 5.75 Å². The number of rotatable bonds is 16. The number of hydrogen-bond acceptors (Lipinski definition) is 9. The smallest absolute Gasteiger partial charge is 0.490 e. The summed E-state index contributed by atoms with van der Waals surface area (Å²) >= 11 is 0. The number of piperidine rings is 1. The Balaban J connectivity index is 1.00. The lowest BCUT2D eigenvalue weighted by Crippen LogP contribution is -2.41. The number of amides is 2. The van der Waals surface area contributed by atoms with Crippen LogP contribution in [0.3, 0.4) is 0 Å². The first kappa shape index (κ1) is 41.9. The van der Waals surface area contributed by atoms with E-state index in [4.69, 9.17) is 0 Å². The number of alkyl halides is 3. The number of aromatic amines is 1. The van der Waals surface area contributed by atoms with Gasteiger partial charge in [0.05, 0.1) is 18.0 Å². The topological polar surface area (TPSA) is 173 Å². The van der Waals surface area contributed by atoms with Crippen molar-refractivity contribution in [1.82, 2.24) is 25.8 Å². The number of carbonyl (C=O) groups excluding carboxylic acids is 3. The van der Waals surface area contributed by atoms with Gasteiger partial charge in [0.2, 0.25) is 17.4 Å². The molecule has 3 aromatic carbocycles. The Morgan fingerprint density at radius 1 is 0.929 bits per heavy atom. The average Bonchev–Trinajstić information content (AvgIpc) is 3.16. The van der Waals surface area contributed by atoms with Crippen molar-refractivity contribution in [2.24, 2.45) is 0 Å². The van der Waals surface area contributed by atoms with Gasteiger partial charge in [0.1, 0.15) is 11.9 Å². The van der Waals surface area contributed by atoms with Gasteiger partial charge in [-0.15, -0.1) is 0 Å². The largest absolute Gasteiger partial charge is 0.506 e. The highest BCUT2D eigenvalue weighted by Gasteiger charge is 2.42. The van der Waals surface area contributed by atoms with E-state index in [0.717, 1.165) is 27.8 Å². The number of esters is 1. The van der Waals surface area contributed by atoms with E-state index in [1.165, 1.54) is 12.1 Å². The first-order valence-electron chi connectivity index (χ1n) is 18.6. The molecule has 5 rings (SSSR count). The van der Waals surface area contributed by atoms with Crippen LogP contribution in [-0.4, -0.2) is 82.4 Å². The van der Waals surface area contributed by atoms with E-state index in [0.29, 0.717) is 50.1 Å². The van der Waals surface area contributed by atoms with Crippen molar-refractivity contribution in [3.63, 3.8) is 0 Å².